The summed E-state index contributed by atoms with van der Waals surface area (Å²) in [4.78, 5) is 47.8. The number of hydrogen-bond donors (Lipinski definition) is 1. The molecule has 0 atom stereocenters. The molecule has 0 amide bonds. The highest BCUT2D eigenvalue weighted by Gasteiger charge is 2.19. The second kappa shape index (κ2) is 19.3. The van der Waals surface area contributed by atoms with Crippen molar-refractivity contribution < 1.29 is 14.8 Å². The third-order valence-electron chi connectivity index (χ3n) is 7.41. The Morgan fingerprint density at radius 1 is 0.741 bits per heavy atom. The van der Waals surface area contributed by atoms with Gasteiger partial charge in [-0.3, -0.25) is 19.7 Å². The van der Waals surface area contributed by atoms with Gasteiger partial charge in [0, 0.05) is 57.4 Å². The Bertz CT molecular complexity index is 2680. The number of carboxylic acid groups (broad SMARTS) is 1. The first kappa shape index (κ1) is 40.2. The van der Waals surface area contributed by atoms with E-state index in [1.54, 1.807) is 30.9 Å². The molecule has 0 spiro atoms. The largest absolute Gasteiger partial charge is 0.477 e. The molecule has 12 heteroatoms. The number of halogens is 2. The number of rotatable bonds is 2. The van der Waals surface area contributed by atoms with Crippen LogP contribution in [0.5, 0.6) is 0 Å². The zero-order valence-corrected chi connectivity index (χ0v) is 32.0. The minimum absolute atomic E-state index is 0.0162. The normalized spacial score (nSPS) is 9.76. The number of nitro groups is 1. The Kier molecular flexibility index (Phi) is 14.4. The molecule has 0 saturated carbocycles. The van der Waals surface area contributed by atoms with E-state index in [1.807, 2.05) is 97.1 Å². The fraction of sp³-hybridized carbons (Fsp3) is 0.0476. The lowest BCUT2D eigenvalue weighted by molar-refractivity contribution is -0.385. The van der Waals surface area contributed by atoms with E-state index in [1.165, 1.54) is 23.0 Å². The molecule has 268 valence electrons. The first-order valence-corrected chi connectivity index (χ1v) is 17.4. The van der Waals surface area contributed by atoms with Gasteiger partial charge in [-0.1, -0.05) is 86.0 Å². The lowest BCUT2D eigenvalue weighted by Crippen LogP contribution is -2.16. The van der Waals surface area contributed by atoms with Crippen molar-refractivity contribution in [3.8, 4) is 24.2 Å². The minimum atomic E-state index is -1.31. The fourth-order valence-electron chi connectivity index (χ4n) is 4.64. The highest BCUT2D eigenvalue weighted by Crippen LogP contribution is 2.23. The van der Waals surface area contributed by atoms with Crippen molar-refractivity contribution in [2.75, 3.05) is 0 Å². The SMILES string of the molecule is C#Cc1ccccc1.Cn1ccc2cc(C#Cc3ccccc3)ccc2c1=O.Cn1cnc2cc(Br)ccc2c1=O.O=C(O)c1ccc(Br)cc1[N+](=O)[O-]. The molecule has 0 aliphatic carbocycles. The van der Waals surface area contributed by atoms with Gasteiger partial charge < -0.3 is 14.2 Å². The van der Waals surface area contributed by atoms with Gasteiger partial charge in [-0.15, -0.1) is 6.42 Å². The summed E-state index contributed by atoms with van der Waals surface area (Å²) < 4.78 is 4.46. The molecule has 2 aromatic heterocycles. The third kappa shape index (κ3) is 11.2. The van der Waals surface area contributed by atoms with Crippen molar-refractivity contribution in [3.05, 3.63) is 196 Å². The Labute approximate surface area is 326 Å². The average Bonchev–Trinajstić information content (AvgIpc) is 3.18. The van der Waals surface area contributed by atoms with E-state index in [-0.39, 0.29) is 16.7 Å². The molecule has 0 aliphatic heterocycles. The minimum Gasteiger partial charge on any atom is -0.477 e. The molecule has 0 aliphatic rings. The van der Waals surface area contributed by atoms with Crippen LogP contribution in [0.25, 0.3) is 21.7 Å². The van der Waals surface area contributed by atoms with Gasteiger partial charge >= 0.3 is 5.97 Å². The number of hydrogen-bond acceptors (Lipinski definition) is 6. The van der Waals surface area contributed by atoms with Gasteiger partial charge in [0.2, 0.25) is 0 Å². The number of nitro benzene ring substituents is 1. The number of carbonyl (C=O) groups is 1. The maximum Gasteiger partial charge on any atom is 0.342 e. The Morgan fingerprint density at radius 3 is 1.93 bits per heavy atom. The van der Waals surface area contributed by atoms with Gasteiger partial charge in [-0.2, -0.15) is 0 Å². The Balaban J connectivity index is 0.000000169. The van der Waals surface area contributed by atoms with E-state index < -0.39 is 16.6 Å². The van der Waals surface area contributed by atoms with Gasteiger partial charge in [-0.25, -0.2) is 9.78 Å². The van der Waals surface area contributed by atoms with Crippen molar-refractivity contribution in [3.63, 3.8) is 0 Å². The molecule has 0 bridgehead atoms. The second-order valence-electron chi connectivity index (χ2n) is 11.2. The number of nitrogens with zero attached hydrogens (tertiary/aromatic N) is 4. The van der Waals surface area contributed by atoms with Crippen LogP contribution in [0.3, 0.4) is 0 Å². The molecule has 54 heavy (non-hydrogen) atoms. The van der Waals surface area contributed by atoms with Gasteiger partial charge in [0.15, 0.2) is 0 Å². The summed E-state index contributed by atoms with van der Waals surface area (Å²) in [7, 11) is 3.45. The van der Waals surface area contributed by atoms with E-state index in [2.05, 4.69) is 54.6 Å². The van der Waals surface area contributed by atoms with E-state index >= 15 is 0 Å². The maximum absolute atomic E-state index is 11.9. The van der Waals surface area contributed by atoms with Crippen LogP contribution < -0.4 is 11.1 Å². The number of pyridine rings is 1. The summed E-state index contributed by atoms with van der Waals surface area (Å²) in [5, 5.41) is 21.3. The van der Waals surface area contributed by atoms with E-state index in [0.29, 0.717) is 9.86 Å². The number of benzene rings is 5. The summed E-state index contributed by atoms with van der Waals surface area (Å²) >= 11 is 6.34. The number of fused-ring (bicyclic) bond motifs is 2. The third-order valence-corrected chi connectivity index (χ3v) is 8.40. The highest BCUT2D eigenvalue weighted by molar-refractivity contribution is 9.10. The lowest BCUT2D eigenvalue weighted by Gasteiger charge is -2.01. The summed E-state index contributed by atoms with van der Waals surface area (Å²) in [6, 6.07) is 36.3. The van der Waals surface area contributed by atoms with Crippen LogP contribution >= 0.6 is 31.9 Å². The van der Waals surface area contributed by atoms with Crippen LogP contribution in [0, 0.1) is 34.3 Å². The molecule has 1 N–H and O–H groups in total. The van der Waals surface area contributed by atoms with Gasteiger partial charge in [-0.05, 0) is 84.2 Å². The standard InChI is InChI=1S/C18H13NO.C9H7BrN2O.C8H6.C7H4BrNO4/c1-19-12-11-16-13-15(9-10-17(16)18(19)20)8-7-14-5-3-2-4-6-14;1-12-5-11-8-4-6(10)2-3-7(8)9(12)13;1-2-8-6-4-3-5-7-8;8-4-1-2-5(7(10)11)6(3-4)9(12)13/h2-6,9-13H,1H3;2-5H,1H3;1,3-7H;1-3H,(H,10,11). The molecule has 0 radical (unpaired) electrons. The van der Waals surface area contributed by atoms with E-state index in [4.69, 9.17) is 11.5 Å². The smallest absolute Gasteiger partial charge is 0.342 e. The van der Waals surface area contributed by atoms with E-state index in [0.717, 1.165) is 43.5 Å². The number of terminal acetylenes is 1. The summed E-state index contributed by atoms with van der Waals surface area (Å²) in [5.41, 5.74) is 2.83. The van der Waals surface area contributed by atoms with Crippen LogP contribution in [0.15, 0.2) is 152 Å². The highest BCUT2D eigenvalue weighted by atomic mass is 79.9. The van der Waals surface area contributed by atoms with Crippen LogP contribution in [0.1, 0.15) is 27.0 Å². The topological polar surface area (TPSA) is 137 Å². The summed E-state index contributed by atoms with van der Waals surface area (Å²) in [6.07, 6.45) is 8.40. The maximum atomic E-state index is 11.9. The fourth-order valence-corrected chi connectivity index (χ4v) is 5.34. The van der Waals surface area contributed by atoms with Crippen LogP contribution in [0.4, 0.5) is 5.69 Å². The summed E-state index contributed by atoms with van der Waals surface area (Å²) in [5.74, 6) is 7.47. The number of carboxylic acids is 1. The van der Waals surface area contributed by atoms with Crippen molar-refractivity contribution in [2.45, 2.75) is 0 Å². The van der Waals surface area contributed by atoms with Crippen LogP contribution in [-0.4, -0.2) is 30.1 Å². The molecule has 0 saturated heterocycles. The average molecular weight is 847 g/mol. The lowest BCUT2D eigenvalue weighted by atomic mass is 10.1. The predicted molar refractivity (Wildman–Crippen MR) is 218 cm³/mol. The molecule has 5 aromatic carbocycles. The molecule has 10 nitrogen and oxygen atoms in total. The van der Waals surface area contributed by atoms with Crippen molar-refractivity contribution in [1.29, 1.82) is 0 Å². The molecule has 0 fully saturated rings. The Morgan fingerprint density at radius 2 is 1.31 bits per heavy atom. The molecule has 7 rings (SSSR count). The molecule has 2 heterocycles. The first-order chi connectivity index (χ1) is 25.9. The number of aromatic carboxylic acids is 1. The van der Waals surface area contributed by atoms with Crippen molar-refractivity contribution in [2.24, 2.45) is 14.1 Å². The van der Waals surface area contributed by atoms with Gasteiger partial charge in [0.1, 0.15) is 5.56 Å². The number of aromatic nitrogens is 3. The second-order valence-corrected chi connectivity index (χ2v) is 13.0. The van der Waals surface area contributed by atoms with Crippen LogP contribution in [-0.2, 0) is 14.1 Å². The van der Waals surface area contributed by atoms with Crippen molar-refractivity contribution >= 4 is 65.2 Å². The predicted octanol–water partition coefficient (Wildman–Crippen LogP) is 8.36. The van der Waals surface area contributed by atoms with Gasteiger partial charge in [0.05, 0.1) is 22.2 Å². The monoisotopic (exact) mass is 844 g/mol. The van der Waals surface area contributed by atoms with Crippen LogP contribution in [0.2, 0.25) is 0 Å². The first-order valence-electron chi connectivity index (χ1n) is 15.8. The van der Waals surface area contributed by atoms with Crippen molar-refractivity contribution in [1.82, 2.24) is 14.1 Å². The molecule has 7 aromatic rings. The quantitative estimate of drug-likeness (QED) is 0.105. The zero-order chi connectivity index (χ0) is 39.2. The zero-order valence-electron chi connectivity index (χ0n) is 28.8. The molecule has 0 unspecified atom stereocenters. The van der Waals surface area contributed by atoms with E-state index in [9.17, 15) is 24.5 Å². The Hall–Kier alpha value is -6.60. The number of aryl methyl sites for hydroxylation is 2. The molecular formula is C42H30Br2N4O6. The summed E-state index contributed by atoms with van der Waals surface area (Å²) in [6.45, 7) is 0. The molecular weight excluding hydrogens is 816 g/mol. The van der Waals surface area contributed by atoms with Gasteiger partial charge in [0.25, 0.3) is 16.8 Å².